The molecule has 0 saturated heterocycles. The third kappa shape index (κ3) is 3.18. The quantitative estimate of drug-likeness (QED) is 0.795. The normalized spacial score (nSPS) is 12.3. The first-order valence-electron chi connectivity index (χ1n) is 7.74. The maximum absolute atomic E-state index is 5.62. The maximum atomic E-state index is 5.62. The van der Waals surface area contributed by atoms with Crippen molar-refractivity contribution in [3.8, 4) is 0 Å². The van der Waals surface area contributed by atoms with Gasteiger partial charge in [-0.3, -0.25) is 0 Å². The molecule has 0 aliphatic rings. The third-order valence-electron chi connectivity index (χ3n) is 3.49. The lowest BCUT2D eigenvalue weighted by atomic mass is 9.97. The van der Waals surface area contributed by atoms with Gasteiger partial charge in [-0.2, -0.15) is 5.10 Å². The molecule has 0 bridgehead atoms. The van der Waals surface area contributed by atoms with Crippen LogP contribution in [0.15, 0.2) is 22.9 Å². The molecule has 0 aliphatic heterocycles. The summed E-state index contributed by atoms with van der Waals surface area (Å²) in [6, 6.07) is 2.79. The molecular weight excluding hydrogens is 292 g/mol. The summed E-state index contributed by atoms with van der Waals surface area (Å²) in [5, 5.41) is 16.6. The molecule has 0 aromatic carbocycles. The van der Waals surface area contributed by atoms with Crippen LogP contribution in [0, 0.1) is 0 Å². The zero-order chi connectivity index (χ0) is 16.6. The van der Waals surface area contributed by atoms with Crippen molar-refractivity contribution >= 4 is 17.0 Å². The minimum Gasteiger partial charge on any atom is -0.408 e. The molecule has 0 radical (unpaired) electrons. The topological polar surface area (TPSA) is 81.7 Å². The van der Waals surface area contributed by atoms with Crippen molar-refractivity contribution in [2.24, 2.45) is 0 Å². The lowest BCUT2D eigenvalue weighted by Crippen LogP contribution is -2.11. The van der Waals surface area contributed by atoms with Crippen LogP contribution in [0.1, 0.15) is 52.1 Å². The number of anilines is 1. The lowest BCUT2D eigenvalue weighted by molar-refractivity contribution is 0.399. The average Bonchev–Trinajstić information content (AvgIpc) is 3.11. The molecule has 3 aromatic heterocycles. The van der Waals surface area contributed by atoms with Gasteiger partial charge in [-0.1, -0.05) is 25.9 Å². The second kappa shape index (κ2) is 5.64. The summed E-state index contributed by atoms with van der Waals surface area (Å²) in [4.78, 5) is 4.51. The van der Waals surface area contributed by atoms with Crippen molar-refractivity contribution in [1.82, 2.24) is 25.0 Å². The number of aromatic nitrogens is 5. The first-order valence-corrected chi connectivity index (χ1v) is 7.74. The highest BCUT2D eigenvalue weighted by molar-refractivity contribution is 5.75. The Morgan fingerprint density at radius 1 is 1.22 bits per heavy atom. The minimum atomic E-state index is -0.154. The second-order valence-electron chi connectivity index (χ2n) is 6.96. The fourth-order valence-electron chi connectivity index (χ4n) is 2.24. The highest BCUT2D eigenvalue weighted by Gasteiger charge is 2.21. The SMILES string of the molecule is CC(C)n1ncc2cc(CNc3nnc(C(C)(C)C)o3)cnc21. The first-order chi connectivity index (χ1) is 10.8. The van der Waals surface area contributed by atoms with Crippen LogP contribution in [0.3, 0.4) is 0 Å². The van der Waals surface area contributed by atoms with E-state index in [9.17, 15) is 0 Å². The van der Waals surface area contributed by atoms with Crippen molar-refractivity contribution in [3.63, 3.8) is 0 Å². The number of nitrogens with zero attached hydrogens (tertiary/aromatic N) is 5. The van der Waals surface area contributed by atoms with E-state index in [-0.39, 0.29) is 11.5 Å². The molecule has 0 atom stereocenters. The van der Waals surface area contributed by atoms with Gasteiger partial charge in [0, 0.05) is 29.6 Å². The molecular formula is C16H22N6O. The van der Waals surface area contributed by atoms with Crippen molar-refractivity contribution in [2.45, 2.75) is 52.6 Å². The van der Waals surface area contributed by atoms with Crippen molar-refractivity contribution in [1.29, 1.82) is 0 Å². The van der Waals surface area contributed by atoms with Crippen LogP contribution < -0.4 is 5.32 Å². The van der Waals surface area contributed by atoms with E-state index in [1.807, 2.05) is 37.8 Å². The molecule has 0 unspecified atom stereocenters. The predicted octanol–water partition coefficient (Wildman–Crippen LogP) is 3.30. The molecule has 0 saturated carbocycles. The van der Waals surface area contributed by atoms with Crippen LogP contribution >= 0.6 is 0 Å². The average molecular weight is 314 g/mol. The van der Waals surface area contributed by atoms with Crippen LogP contribution in [0.2, 0.25) is 0 Å². The Morgan fingerprint density at radius 2 is 2.00 bits per heavy atom. The van der Waals surface area contributed by atoms with E-state index in [2.05, 4.69) is 45.5 Å². The molecule has 1 N–H and O–H groups in total. The Bertz CT molecular complexity index is 811. The van der Waals surface area contributed by atoms with E-state index >= 15 is 0 Å². The van der Waals surface area contributed by atoms with E-state index in [1.165, 1.54) is 0 Å². The molecule has 23 heavy (non-hydrogen) atoms. The lowest BCUT2D eigenvalue weighted by Gasteiger charge is -2.11. The molecule has 7 nitrogen and oxygen atoms in total. The molecule has 122 valence electrons. The van der Waals surface area contributed by atoms with Crippen LogP contribution in [0.4, 0.5) is 6.01 Å². The Kier molecular flexibility index (Phi) is 3.79. The fraction of sp³-hybridized carbons (Fsp3) is 0.500. The standard InChI is InChI=1S/C16H22N6O/c1-10(2)22-13-12(9-19-22)6-11(7-17-13)8-18-15-21-20-14(23-15)16(3,4)5/h6-7,9-10H,8H2,1-5H3,(H,18,21). The Morgan fingerprint density at radius 3 is 2.65 bits per heavy atom. The first kappa shape index (κ1) is 15.5. The number of nitrogens with one attached hydrogen (secondary N) is 1. The van der Waals surface area contributed by atoms with Gasteiger partial charge in [0.05, 0.1) is 6.20 Å². The Balaban J connectivity index is 1.73. The van der Waals surface area contributed by atoms with Gasteiger partial charge in [0.25, 0.3) is 0 Å². The molecule has 3 aromatic rings. The van der Waals surface area contributed by atoms with Crippen molar-refractivity contribution in [2.75, 3.05) is 5.32 Å². The number of hydrogen-bond donors (Lipinski definition) is 1. The number of fused-ring (bicyclic) bond motifs is 1. The third-order valence-corrected chi connectivity index (χ3v) is 3.49. The van der Waals surface area contributed by atoms with Crippen molar-refractivity contribution in [3.05, 3.63) is 29.9 Å². The number of pyridine rings is 1. The highest BCUT2D eigenvalue weighted by Crippen LogP contribution is 2.22. The maximum Gasteiger partial charge on any atom is 0.315 e. The monoisotopic (exact) mass is 314 g/mol. The predicted molar refractivity (Wildman–Crippen MR) is 88.2 cm³/mol. The molecule has 3 heterocycles. The minimum absolute atomic E-state index is 0.154. The van der Waals surface area contributed by atoms with Gasteiger partial charge >= 0.3 is 6.01 Å². The van der Waals surface area contributed by atoms with Crippen LogP contribution in [-0.2, 0) is 12.0 Å². The van der Waals surface area contributed by atoms with Gasteiger partial charge in [-0.05, 0) is 25.5 Å². The molecule has 0 amide bonds. The summed E-state index contributed by atoms with van der Waals surface area (Å²) in [7, 11) is 0. The fourth-order valence-corrected chi connectivity index (χ4v) is 2.24. The molecule has 0 aliphatic carbocycles. The largest absolute Gasteiger partial charge is 0.408 e. The number of hydrogen-bond acceptors (Lipinski definition) is 6. The van der Waals surface area contributed by atoms with Gasteiger partial charge in [-0.15, -0.1) is 5.10 Å². The van der Waals surface area contributed by atoms with Crippen LogP contribution in [0.25, 0.3) is 11.0 Å². The Hall–Kier alpha value is -2.44. The van der Waals surface area contributed by atoms with Gasteiger partial charge in [0.2, 0.25) is 5.89 Å². The van der Waals surface area contributed by atoms with E-state index in [1.54, 1.807) is 0 Å². The van der Waals surface area contributed by atoms with Gasteiger partial charge in [-0.25, -0.2) is 9.67 Å². The molecule has 7 heteroatoms. The highest BCUT2D eigenvalue weighted by atomic mass is 16.4. The van der Waals surface area contributed by atoms with Gasteiger partial charge in [0.1, 0.15) is 0 Å². The second-order valence-corrected chi connectivity index (χ2v) is 6.96. The van der Waals surface area contributed by atoms with E-state index in [0.29, 0.717) is 18.5 Å². The summed E-state index contributed by atoms with van der Waals surface area (Å²) in [5.41, 5.74) is 1.78. The van der Waals surface area contributed by atoms with E-state index in [0.717, 1.165) is 16.6 Å². The summed E-state index contributed by atoms with van der Waals surface area (Å²) >= 11 is 0. The van der Waals surface area contributed by atoms with E-state index < -0.39 is 0 Å². The van der Waals surface area contributed by atoms with Gasteiger partial charge in [0.15, 0.2) is 5.65 Å². The smallest absolute Gasteiger partial charge is 0.315 e. The number of rotatable bonds is 4. The molecule has 0 spiro atoms. The summed E-state index contributed by atoms with van der Waals surface area (Å²) in [6.45, 7) is 10.9. The van der Waals surface area contributed by atoms with Crippen molar-refractivity contribution < 1.29 is 4.42 Å². The summed E-state index contributed by atoms with van der Waals surface area (Å²) in [5.74, 6) is 0.617. The zero-order valence-electron chi connectivity index (χ0n) is 14.2. The van der Waals surface area contributed by atoms with Gasteiger partial charge < -0.3 is 9.73 Å². The zero-order valence-corrected chi connectivity index (χ0v) is 14.2. The van der Waals surface area contributed by atoms with Crippen LogP contribution in [-0.4, -0.2) is 25.0 Å². The molecule has 3 rings (SSSR count). The summed E-state index contributed by atoms with van der Waals surface area (Å²) < 4.78 is 7.54. The van der Waals surface area contributed by atoms with E-state index in [4.69, 9.17) is 4.42 Å². The molecule has 0 fully saturated rings. The Labute approximate surface area is 135 Å². The van der Waals surface area contributed by atoms with Crippen LogP contribution in [0.5, 0.6) is 0 Å². The summed E-state index contributed by atoms with van der Waals surface area (Å²) in [6.07, 6.45) is 3.69.